The Labute approximate surface area is 294 Å². The fraction of sp³-hybridized carbons (Fsp3) is 0.951. The van der Waals surface area contributed by atoms with Crippen LogP contribution in [0.4, 0.5) is 0 Å². The summed E-state index contributed by atoms with van der Waals surface area (Å²) >= 11 is 0. The van der Waals surface area contributed by atoms with Gasteiger partial charge in [0.2, 0.25) is 0 Å². The van der Waals surface area contributed by atoms with E-state index in [9.17, 15) is 5.11 Å². The largest absolute Gasteiger partial charge is 0.483 e. The normalized spacial score (nSPS) is 11.6. The van der Waals surface area contributed by atoms with Gasteiger partial charge in [-0.25, -0.2) is 0 Å². The number of unbranched alkanes of at least 4 members (excludes halogenated alkanes) is 23. The van der Waals surface area contributed by atoms with Gasteiger partial charge in [-0.2, -0.15) is 0 Å². The van der Waals surface area contributed by atoms with E-state index in [0.29, 0.717) is 0 Å². The monoisotopic (exact) mass is 672 g/mol. The van der Waals surface area contributed by atoms with Crippen molar-refractivity contribution < 1.29 is 24.9 Å². The van der Waals surface area contributed by atoms with Gasteiger partial charge in [-0.05, 0) is 32.4 Å². The molecule has 0 saturated carbocycles. The number of aliphatic hydroxyl groups excluding tert-OH is 1. The van der Waals surface area contributed by atoms with Crippen LogP contribution in [0.3, 0.4) is 0 Å². The first-order valence-electron chi connectivity index (χ1n) is 20.5. The number of hydrogen-bond acceptors (Lipinski definition) is 4. The number of carboxylic acid groups (broad SMARTS) is 2. The van der Waals surface area contributed by atoms with Crippen LogP contribution in [0, 0.1) is 5.92 Å². The molecular formula is C41H85NO5. The summed E-state index contributed by atoms with van der Waals surface area (Å²) in [6.45, 7) is 8.43. The van der Waals surface area contributed by atoms with Crippen LogP contribution >= 0.6 is 0 Å². The third-order valence-electron chi connectivity index (χ3n) is 9.50. The third kappa shape index (κ3) is 49.4. The average molecular weight is 672 g/mol. The van der Waals surface area contributed by atoms with E-state index in [2.05, 4.69) is 32.7 Å². The summed E-state index contributed by atoms with van der Waals surface area (Å²) in [6, 6.07) is 0. The van der Waals surface area contributed by atoms with Gasteiger partial charge in [-0.1, -0.05) is 207 Å². The van der Waals surface area contributed by atoms with Crippen molar-refractivity contribution in [3.63, 3.8) is 0 Å². The van der Waals surface area contributed by atoms with E-state index in [-0.39, 0.29) is 19.0 Å². The van der Waals surface area contributed by atoms with Crippen LogP contribution in [-0.2, 0) is 9.59 Å². The summed E-state index contributed by atoms with van der Waals surface area (Å²) in [5.74, 6) is 0.957. The minimum atomic E-state index is -0.250. The zero-order valence-electron chi connectivity index (χ0n) is 32.2. The van der Waals surface area contributed by atoms with Crippen molar-refractivity contribution in [1.29, 1.82) is 0 Å². The molecule has 0 aliphatic rings. The van der Waals surface area contributed by atoms with Crippen LogP contribution in [0.15, 0.2) is 0 Å². The topological polar surface area (TPSA) is 98.1 Å². The van der Waals surface area contributed by atoms with Gasteiger partial charge >= 0.3 is 0 Å². The molecule has 0 aromatic carbocycles. The number of carbonyl (C=O) groups is 2. The second-order valence-electron chi connectivity index (χ2n) is 14.1. The Bertz CT molecular complexity index is 540. The molecule has 1 atom stereocenters. The minimum Gasteiger partial charge on any atom is -0.483 e. The van der Waals surface area contributed by atoms with Gasteiger partial charge in [0, 0.05) is 6.54 Å². The van der Waals surface area contributed by atoms with Crippen LogP contribution in [-0.4, -0.2) is 59.4 Å². The molecule has 0 amide bonds. The lowest BCUT2D eigenvalue weighted by atomic mass is 9.89. The van der Waals surface area contributed by atoms with Crippen LogP contribution in [0.5, 0.6) is 0 Å². The Morgan fingerprint density at radius 2 is 0.702 bits per heavy atom. The molecule has 1 unspecified atom stereocenters. The maximum atomic E-state index is 10.6. The number of likely N-dealkylation sites (N-methyl/N-ethyl adjacent to an activating group) is 1. The first kappa shape index (κ1) is 50.2. The average Bonchev–Trinajstić information content (AvgIpc) is 3.05. The molecule has 0 bridgehead atoms. The van der Waals surface area contributed by atoms with E-state index in [1.807, 2.05) is 0 Å². The predicted molar refractivity (Wildman–Crippen MR) is 205 cm³/mol. The molecule has 0 heterocycles. The SMILES string of the molecule is CCCCCCCCCCCCCCN(C)CC(O)CCCCCC(CCCCCCCC)CCCCCCCC.O=CO.O=CO. The van der Waals surface area contributed by atoms with Crippen LogP contribution in [0.2, 0.25) is 0 Å². The molecule has 0 rings (SSSR count). The molecule has 0 saturated heterocycles. The Kier molecular flexibility index (Phi) is 50.2. The Morgan fingerprint density at radius 1 is 0.447 bits per heavy atom. The zero-order chi connectivity index (χ0) is 35.5. The number of nitrogens with zero attached hydrogens (tertiary/aromatic N) is 1. The van der Waals surface area contributed by atoms with Crippen molar-refractivity contribution in [2.45, 2.75) is 226 Å². The van der Waals surface area contributed by atoms with E-state index in [1.54, 1.807) is 0 Å². The smallest absolute Gasteiger partial charge is 0.290 e. The van der Waals surface area contributed by atoms with Crippen molar-refractivity contribution in [2.24, 2.45) is 5.92 Å². The Balaban J connectivity index is -0.00000297. The second kappa shape index (κ2) is 47.0. The number of hydrogen-bond donors (Lipinski definition) is 3. The highest BCUT2D eigenvalue weighted by molar-refractivity contribution is 5.33. The van der Waals surface area contributed by atoms with E-state index >= 15 is 0 Å². The lowest BCUT2D eigenvalue weighted by Crippen LogP contribution is -2.29. The van der Waals surface area contributed by atoms with Crippen molar-refractivity contribution >= 4 is 12.9 Å². The van der Waals surface area contributed by atoms with Gasteiger partial charge in [0.05, 0.1) is 6.10 Å². The highest BCUT2D eigenvalue weighted by Gasteiger charge is 2.11. The maximum absolute atomic E-state index is 10.6. The molecule has 284 valence electrons. The summed E-state index contributed by atoms with van der Waals surface area (Å²) in [6.07, 6.45) is 43.1. The summed E-state index contributed by atoms with van der Waals surface area (Å²) in [5.41, 5.74) is 0. The van der Waals surface area contributed by atoms with E-state index in [4.69, 9.17) is 19.8 Å². The standard InChI is InChI=1S/C39H81NO.2CH2O2/c1-5-8-11-14-17-18-19-20-21-22-25-31-36-40(4)37-39(41)35-30-26-29-34-38(32-27-23-15-12-9-6-2)33-28-24-16-13-10-7-3;2*2-1-3/h38-39,41H,5-37H2,1-4H3;2*1H,(H,2,3). The molecular weight excluding hydrogens is 586 g/mol. The number of rotatable bonds is 35. The molecule has 3 N–H and O–H groups in total. The molecule has 0 spiro atoms. The lowest BCUT2D eigenvalue weighted by molar-refractivity contribution is -0.123. The van der Waals surface area contributed by atoms with Crippen LogP contribution in [0.25, 0.3) is 0 Å². The highest BCUT2D eigenvalue weighted by Crippen LogP contribution is 2.25. The summed E-state index contributed by atoms with van der Waals surface area (Å²) in [4.78, 5) is 19.1. The van der Waals surface area contributed by atoms with E-state index < -0.39 is 0 Å². The van der Waals surface area contributed by atoms with Gasteiger partial charge in [0.1, 0.15) is 0 Å². The van der Waals surface area contributed by atoms with Crippen LogP contribution < -0.4 is 0 Å². The fourth-order valence-electron chi connectivity index (χ4n) is 6.61. The first-order valence-corrected chi connectivity index (χ1v) is 20.5. The Morgan fingerprint density at radius 3 is 1.04 bits per heavy atom. The fourth-order valence-corrected chi connectivity index (χ4v) is 6.61. The quantitative estimate of drug-likeness (QED) is 0.0458. The summed E-state index contributed by atoms with van der Waals surface area (Å²) in [7, 11) is 2.21. The van der Waals surface area contributed by atoms with Gasteiger partial charge in [0.15, 0.2) is 0 Å². The molecule has 0 radical (unpaired) electrons. The van der Waals surface area contributed by atoms with Gasteiger partial charge < -0.3 is 20.2 Å². The minimum absolute atomic E-state index is 0.139. The van der Waals surface area contributed by atoms with Crippen molar-refractivity contribution in [1.82, 2.24) is 4.90 Å². The highest BCUT2D eigenvalue weighted by atomic mass is 16.3. The lowest BCUT2D eigenvalue weighted by Gasteiger charge is -2.21. The van der Waals surface area contributed by atoms with Crippen molar-refractivity contribution in [3.05, 3.63) is 0 Å². The summed E-state index contributed by atoms with van der Waals surface area (Å²) < 4.78 is 0. The number of aliphatic hydroxyl groups is 1. The van der Waals surface area contributed by atoms with Gasteiger partial charge in [-0.15, -0.1) is 0 Å². The molecule has 0 aromatic heterocycles. The predicted octanol–water partition coefficient (Wildman–Crippen LogP) is 12.4. The second-order valence-corrected chi connectivity index (χ2v) is 14.1. The van der Waals surface area contributed by atoms with Crippen molar-refractivity contribution in [3.8, 4) is 0 Å². The van der Waals surface area contributed by atoms with E-state index in [1.165, 1.54) is 193 Å². The summed E-state index contributed by atoms with van der Waals surface area (Å²) in [5, 5.41) is 24.4. The molecule has 0 aromatic rings. The van der Waals surface area contributed by atoms with Crippen LogP contribution in [0.1, 0.15) is 220 Å². The van der Waals surface area contributed by atoms with Crippen molar-refractivity contribution in [2.75, 3.05) is 20.1 Å². The maximum Gasteiger partial charge on any atom is 0.290 e. The zero-order valence-corrected chi connectivity index (χ0v) is 32.2. The molecule has 0 fully saturated rings. The molecule has 6 heteroatoms. The first-order chi connectivity index (χ1) is 23.0. The third-order valence-corrected chi connectivity index (χ3v) is 9.50. The van der Waals surface area contributed by atoms with E-state index in [0.717, 1.165) is 25.4 Å². The molecule has 0 aliphatic carbocycles. The molecule has 6 nitrogen and oxygen atoms in total. The van der Waals surface area contributed by atoms with Gasteiger partial charge in [0.25, 0.3) is 12.9 Å². The molecule has 47 heavy (non-hydrogen) atoms. The van der Waals surface area contributed by atoms with Gasteiger partial charge in [-0.3, -0.25) is 9.59 Å². The molecule has 0 aliphatic heterocycles. The Hall–Kier alpha value is -1.14.